The predicted molar refractivity (Wildman–Crippen MR) is 55.5 cm³/mol. The summed E-state index contributed by atoms with van der Waals surface area (Å²) in [4.78, 5) is 15.6. The van der Waals surface area contributed by atoms with E-state index in [1.54, 1.807) is 18.6 Å². The van der Waals surface area contributed by atoms with Gasteiger partial charge in [-0.1, -0.05) is 0 Å². The van der Waals surface area contributed by atoms with Crippen molar-refractivity contribution in [3.8, 4) is 0 Å². The summed E-state index contributed by atoms with van der Waals surface area (Å²) in [5.41, 5.74) is 2.18. The van der Waals surface area contributed by atoms with Gasteiger partial charge in [-0.05, 0) is 18.6 Å². The molecular weight excluding hydrogens is 192 g/mol. The van der Waals surface area contributed by atoms with E-state index in [1.807, 2.05) is 13.0 Å². The van der Waals surface area contributed by atoms with E-state index in [4.69, 9.17) is 0 Å². The van der Waals surface area contributed by atoms with Crippen LogP contribution in [-0.4, -0.2) is 21.1 Å². The van der Waals surface area contributed by atoms with E-state index >= 15 is 0 Å². The Kier molecular flexibility index (Phi) is 2.45. The van der Waals surface area contributed by atoms with Crippen LogP contribution in [0.15, 0.2) is 30.9 Å². The Morgan fingerprint density at radius 2 is 2.33 bits per heavy atom. The average molecular weight is 202 g/mol. The van der Waals surface area contributed by atoms with Crippen molar-refractivity contribution in [1.82, 2.24) is 15.2 Å². The van der Waals surface area contributed by atoms with Gasteiger partial charge in [-0.2, -0.15) is 5.10 Å². The number of carbonyl (C=O) groups excluding carboxylic acids is 1. The summed E-state index contributed by atoms with van der Waals surface area (Å²) in [5, 5.41) is 9.04. The lowest BCUT2D eigenvalue weighted by atomic mass is 10.2. The Balaban J connectivity index is 2.17. The average Bonchev–Trinajstić information content (AvgIpc) is 2.74. The van der Waals surface area contributed by atoms with Crippen LogP contribution in [0.1, 0.15) is 15.9 Å². The van der Waals surface area contributed by atoms with E-state index in [2.05, 4.69) is 20.5 Å². The highest BCUT2D eigenvalue weighted by Gasteiger charge is 2.07. The lowest BCUT2D eigenvalue weighted by Crippen LogP contribution is -2.12. The Morgan fingerprint density at radius 3 is 3.00 bits per heavy atom. The number of nitrogens with zero attached hydrogens (tertiary/aromatic N) is 2. The van der Waals surface area contributed by atoms with Crippen molar-refractivity contribution in [2.45, 2.75) is 6.92 Å². The number of aromatic nitrogens is 3. The highest BCUT2D eigenvalue weighted by atomic mass is 16.1. The van der Waals surface area contributed by atoms with Gasteiger partial charge >= 0.3 is 0 Å². The number of aromatic amines is 1. The molecule has 5 heteroatoms. The number of H-pyrrole nitrogens is 1. The van der Waals surface area contributed by atoms with Gasteiger partial charge in [-0.25, -0.2) is 0 Å². The van der Waals surface area contributed by atoms with E-state index in [1.165, 1.54) is 6.20 Å². The van der Waals surface area contributed by atoms with Crippen molar-refractivity contribution in [2.75, 3.05) is 5.32 Å². The summed E-state index contributed by atoms with van der Waals surface area (Å²) in [6.45, 7) is 1.91. The van der Waals surface area contributed by atoms with Gasteiger partial charge in [0.15, 0.2) is 0 Å². The van der Waals surface area contributed by atoms with Crippen molar-refractivity contribution in [3.05, 3.63) is 42.0 Å². The first-order valence-corrected chi connectivity index (χ1v) is 4.48. The number of nitrogens with one attached hydrogen (secondary N) is 2. The SMILES string of the molecule is Cc1ccncc1NC(=O)c1cn[nH]c1. The van der Waals surface area contributed by atoms with Crippen molar-refractivity contribution >= 4 is 11.6 Å². The molecule has 2 N–H and O–H groups in total. The second kappa shape index (κ2) is 3.91. The standard InChI is InChI=1S/C10H10N4O/c1-7-2-3-11-6-9(7)14-10(15)8-4-12-13-5-8/h2-6H,1H3,(H,12,13)(H,14,15). The van der Waals surface area contributed by atoms with Gasteiger partial charge in [-0.3, -0.25) is 14.9 Å². The number of amides is 1. The fourth-order valence-electron chi connectivity index (χ4n) is 1.16. The first-order valence-electron chi connectivity index (χ1n) is 4.48. The first-order chi connectivity index (χ1) is 7.27. The normalized spacial score (nSPS) is 9.93. The van der Waals surface area contributed by atoms with Crippen molar-refractivity contribution < 1.29 is 4.79 Å². The quantitative estimate of drug-likeness (QED) is 0.772. The molecule has 0 spiro atoms. The fraction of sp³-hybridized carbons (Fsp3) is 0.100. The second-order valence-electron chi connectivity index (χ2n) is 3.13. The molecule has 0 aliphatic rings. The van der Waals surface area contributed by atoms with Crippen molar-refractivity contribution in [3.63, 3.8) is 0 Å². The van der Waals surface area contributed by atoms with E-state index in [0.717, 1.165) is 5.56 Å². The minimum atomic E-state index is -0.195. The molecule has 0 saturated heterocycles. The molecule has 0 radical (unpaired) electrons. The Bertz CT molecular complexity index is 464. The molecule has 2 heterocycles. The lowest BCUT2D eigenvalue weighted by Gasteiger charge is -2.05. The Morgan fingerprint density at radius 1 is 1.47 bits per heavy atom. The molecule has 76 valence electrons. The largest absolute Gasteiger partial charge is 0.320 e. The Labute approximate surface area is 86.5 Å². The number of hydrogen-bond donors (Lipinski definition) is 2. The zero-order chi connectivity index (χ0) is 10.7. The summed E-state index contributed by atoms with van der Waals surface area (Å²) < 4.78 is 0. The predicted octanol–water partition coefficient (Wildman–Crippen LogP) is 1.37. The number of rotatable bonds is 2. The minimum Gasteiger partial charge on any atom is -0.320 e. The first kappa shape index (κ1) is 9.39. The smallest absolute Gasteiger partial charge is 0.258 e. The van der Waals surface area contributed by atoms with Gasteiger partial charge in [0.05, 0.1) is 23.6 Å². The topological polar surface area (TPSA) is 70.7 Å². The molecule has 1 amide bonds. The molecule has 0 fully saturated rings. The molecule has 0 aliphatic carbocycles. The zero-order valence-electron chi connectivity index (χ0n) is 8.19. The Hall–Kier alpha value is -2.17. The molecule has 0 saturated carbocycles. The maximum Gasteiger partial charge on any atom is 0.258 e. The molecule has 2 rings (SSSR count). The van der Waals surface area contributed by atoms with Crippen LogP contribution in [0.3, 0.4) is 0 Å². The van der Waals surface area contributed by atoms with Crippen LogP contribution in [-0.2, 0) is 0 Å². The number of pyridine rings is 1. The second-order valence-corrected chi connectivity index (χ2v) is 3.13. The summed E-state index contributed by atoms with van der Waals surface area (Å²) in [5.74, 6) is -0.195. The molecule has 5 nitrogen and oxygen atoms in total. The number of aryl methyl sites for hydroxylation is 1. The monoisotopic (exact) mass is 202 g/mol. The molecule has 0 aromatic carbocycles. The van der Waals surface area contributed by atoms with Crippen molar-refractivity contribution in [2.24, 2.45) is 0 Å². The van der Waals surface area contributed by atoms with E-state index in [-0.39, 0.29) is 5.91 Å². The third-order valence-corrected chi connectivity index (χ3v) is 2.05. The highest BCUT2D eigenvalue weighted by Crippen LogP contribution is 2.12. The number of hydrogen-bond acceptors (Lipinski definition) is 3. The molecule has 0 atom stereocenters. The summed E-state index contributed by atoms with van der Waals surface area (Å²) in [6.07, 6.45) is 6.32. The third-order valence-electron chi connectivity index (χ3n) is 2.05. The van der Waals surface area contributed by atoms with Crippen LogP contribution in [0.4, 0.5) is 5.69 Å². The van der Waals surface area contributed by atoms with Gasteiger partial charge in [0.25, 0.3) is 5.91 Å². The maximum atomic E-state index is 11.6. The minimum absolute atomic E-state index is 0.195. The third kappa shape index (κ3) is 2.01. The van der Waals surface area contributed by atoms with E-state index in [0.29, 0.717) is 11.3 Å². The van der Waals surface area contributed by atoms with Gasteiger partial charge in [0.1, 0.15) is 0 Å². The van der Waals surface area contributed by atoms with Crippen LogP contribution < -0.4 is 5.32 Å². The molecule has 0 unspecified atom stereocenters. The van der Waals surface area contributed by atoms with Crippen LogP contribution in [0.2, 0.25) is 0 Å². The highest BCUT2D eigenvalue weighted by molar-refractivity contribution is 6.04. The van der Waals surface area contributed by atoms with E-state index < -0.39 is 0 Å². The van der Waals surface area contributed by atoms with Gasteiger partial charge in [0, 0.05) is 12.4 Å². The molecule has 15 heavy (non-hydrogen) atoms. The van der Waals surface area contributed by atoms with Gasteiger partial charge in [0.2, 0.25) is 0 Å². The fourth-order valence-corrected chi connectivity index (χ4v) is 1.16. The summed E-state index contributed by atoms with van der Waals surface area (Å²) in [7, 11) is 0. The van der Waals surface area contributed by atoms with Crippen LogP contribution in [0.5, 0.6) is 0 Å². The van der Waals surface area contributed by atoms with Gasteiger partial charge in [-0.15, -0.1) is 0 Å². The van der Waals surface area contributed by atoms with Crippen molar-refractivity contribution in [1.29, 1.82) is 0 Å². The molecule has 0 bridgehead atoms. The molecular formula is C10H10N4O. The maximum absolute atomic E-state index is 11.6. The zero-order valence-corrected chi connectivity index (χ0v) is 8.19. The van der Waals surface area contributed by atoms with Crippen LogP contribution in [0.25, 0.3) is 0 Å². The number of anilines is 1. The summed E-state index contributed by atoms with van der Waals surface area (Å²) >= 11 is 0. The lowest BCUT2D eigenvalue weighted by molar-refractivity contribution is 0.102. The van der Waals surface area contributed by atoms with Crippen LogP contribution in [0, 0.1) is 6.92 Å². The number of carbonyl (C=O) groups is 1. The molecule has 0 aliphatic heterocycles. The van der Waals surface area contributed by atoms with Gasteiger partial charge < -0.3 is 5.32 Å². The summed E-state index contributed by atoms with van der Waals surface area (Å²) in [6, 6.07) is 1.84. The van der Waals surface area contributed by atoms with E-state index in [9.17, 15) is 4.79 Å². The molecule has 2 aromatic rings. The molecule has 2 aromatic heterocycles. The van der Waals surface area contributed by atoms with Crippen LogP contribution >= 0.6 is 0 Å².